The average Bonchev–Trinajstić information content (AvgIpc) is 3.07. The van der Waals surface area contributed by atoms with Crippen molar-refractivity contribution in [3.05, 3.63) is 59.4 Å². The fraction of sp³-hybridized carbons (Fsp3) is 0.318. The lowest BCUT2D eigenvalue weighted by atomic mass is 10.0. The Kier molecular flexibility index (Phi) is 4.63. The Labute approximate surface area is 164 Å². The first-order valence-corrected chi connectivity index (χ1v) is 9.68. The largest absolute Gasteiger partial charge is 0.334 e. The molecule has 1 aliphatic heterocycles. The summed E-state index contributed by atoms with van der Waals surface area (Å²) in [5.41, 5.74) is 4.07. The number of amides is 2. The van der Waals surface area contributed by atoms with Gasteiger partial charge in [-0.15, -0.1) is 0 Å². The van der Waals surface area contributed by atoms with Gasteiger partial charge in [0.25, 0.3) is 11.8 Å². The summed E-state index contributed by atoms with van der Waals surface area (Å²) in [4.78, 5) is 31.5. The second kappa shape index (κ2) is 7.11. The fourth-order valence-corrected chi connectivity index (χ4v) is 3.58. The molecule has 0 bridgehead atoms. The SMILES string of the molecule is CCN1CCn2c(nc3cc(C(=O)Nc4ccc(C(C)C)cc4)ccc32)C1=O. The van der Waals surface area contributed by atoms with E-state index in [-0.39, 0.29) is 11.8 Å². The van der Waals surface area contributed by atoms with Crippen LogP contribution in [0.3, 0.4) is 0 Å². The van der Waals surface area contributed by atoms with E-state index in [2.05, 4.69) is 24.1 Å². The number of likely N-dealkylation sites (N-methyl/N-ethyl adjacent to an activating group) is 1. The molecule has 1 N–H and O–H groups in total. The van der Waals surface area contributed by atoms with Crippen molar-refractivity contribution in [3.8, 4) is 0 Å². The van der Waals surface area contributed by atoms with Crippen LogP contribution in [0, 0.1) is 0 Å². The second-order valence-corrected chi connectivity index (χ2v) is 7.41. The molecule has 6 nitrogen and oxygen atoms in total. The predicted octanol–water partition coefficient (Wildman–Crippen LogP) is 3.89. The Bertz CT molecular complexity index is 1050. The highest BCUT2D eigenvalue weighted by molar-refractivity contribution is 6.06. The van der Waals surface area contributed by atoms with Crippen molar-refractivity contribution in [3.63, 3.8) is 0 Å². The van der Waals surface area contributed by atoms with Crippen LogP contribution >= 0.6 is 0 Å². The van der Waals surface area contributed by atoms with Crippen LogP contribution in [0.25, 0.3) is 11.0 Å². The fourth-order valence-electron chi connectivity index (χ4n) is 3.58. The summed E-state index contributed by atoms with van der Waals surface area (Å²) >= 11 is 0. The van der Waals surface area contributed by atoms with E-state index in [9.17, 15) is 9.59 Å². The van der Waals surface area contributed by atoms with E-state index in [4.69, 9.17) is 0 Å². The molecule has 0 saturated heterocycles. The van der Waals surface area contributed by atoms with Gasteiger partial charge in [-0.3, -0.25) is 9.59 Å². The number of hydrogen-bond acceptors (Lipinski definition) is 3. The monoisotopic (exact) mass is 376 g/mol. The van der Waals surface area contributed by atoms with Gasteiger partial charge in [0.1, 0.15) is 0 Å². The number of nitrogens with zero attached hydrogens (tertiary/aromatic N) is 3. The van der Waals surface area contributed by atoms with Crippen LogP contribution in [-0.2, 0) is 6.54 Å². The number of hydrogen-bond donors (Lipinski definition) is 1. The summed E-state index contributed by atoms with van der Waals surface area (Å²) in [5, 5.41) is 2.93. The van der Waals surface area contributed by atoms with Crippen molar-refractivity contribution in [2.75, 3.05) is 18.4 Å². The number of carbonyl (C=O) groups is 2. The third-order valence-electron chi connectivity index (χ3n) is 5.30. The Balaban J connectivity index is 1.59. The summed E-state index contributed by atoms with van der Waals surface area (Å²) < 4.78 is 1.94. The topological polar surface area (TPSA) is 67.2 Å². The molecule has 1 aromatic heterocycles. The van der Waals surface area contributed by atoms with Gasteiger partial charge in [0.2, 0.25) is 0 Å². The summed E-state index contributed by atoms with van der Waals surface area (Å²) in [6.45, 7) is 8.31. The maximum atomic E-state index is 12.7. The zero-order chi connectivity index (χ0) is 19.8. The first-order valence-electron chi connectivity index (χ1n) is 9.68. The second-order valence-electron chi connectivity index (χ2n) is 7.41. The molecule has 28 heavy (non-hydrogen) atoms. The summed E-state index contributed by atoms with van der Waals surface area (Å²) in [5.74, 6) is 0.656. The van der Waals surface area contributed by atoms with E-state index in [0.717, 1.165) is 17.7 Å². The number of nitrogens with one attached hydrogen (secondary N) is 1. The Hall–Kier alpha value is -3.15. The van der Waals surface area contributed by atoms with E-state index in [1.54, 1.807) is 17.0 Å². The molecule has 0 radical (unpaired) electrons. The molecule has 0 fully saturated rings. The number of aromatic nitrogens is 2. The van der Waals surface area contributed by atoms with Gasteiger partial charge >= 0.3 is 0 Å². The molecule has 4 rings (SSSR count). The standard InChI is InChI=1S/C22H24N4O2/c1-4-25-11-12-26-19-10-7-16(13-18(19)24-20(26)22(25)28)21(27)23-17-8-5-15(6-9-17)14(2)3/h5-10,13-14H,4,11-12H2,1-3H3,(H,23,27). The number of carbonyl (C=O) groups excluding carboxylic acids is 2. The normalized spacial score (nSPS) is 13.9. The molecule has 2 amide bonds. The average molecular weight is 376 g/mol. The highest BCUT2D eigenvalue weighted by atomic mass is 16.2. The zero-order valence-corrected chi connectivity index (χ0v) is 16.4. The molecule has 2 aromatic carbocycles. The predicted molar refractivity (Wildman–Crippen MR) is 110 cm³/mol. The maximum Gasteiger partial charge on any atom is 0.289 e. The van der Waals surface area contributed by atoms with Crippen molar-refractivity contribution in [2.45, 2.75) is 33.2 Å². The van der Waals surface area contributed by atoms with Gasteiger partial charge in [0.15, 0.2) is 5.82 Å². The number of anilines is 1. The van der Waals surface area contributed by atoms with E-state index in [1.165, 1.54) is 5.56 Å². The highest BCUT2D eigenvalue weighted by Gasteiger charge is 2.27. The minimum atomic E-state index is -0.188. The number of rotatable bonds is 4. The quantitative estimate of drug-likeness (QED) is 0.751. The number of benzene rings is 2. The van der Waals surface area contributed by atoms with E-state index < -0.39 is 0 Å². The lowest BCUT2D eigenvalue weighted by Gasteiger charge is -2.26. The van der Waals surface area contributed by atoms with Crippen molar-refractivity contribution in [1.29, 1.82) is 0 Å². The molecule has 0 aliphatic carbocycles. The number of imidazole rings is 1. The Morgan fingerprint density at radius 3 is 2.57 bits per heavy atom. The van der Waals surface area contributed by atoms with Crippen LogP contribution in [0.1, 0.15) is 53.2 Å². The van der Waals surface area contributed by atoms with E-state index in [0.29, 0.717) is 35.9 Å². The van der Waals surface area contributed by atoms with Crippen molar-refractivity contribution in [2.24, 2.45) is 0 Å². The highest BCUT2D eigenvalue weighted by Crippen LogP contribution is 2.23. The minimum absolute atomic E-state index is 0.0545. The molecule has 0 spiro atoms. The van der Waals surface area contributed by atoms with Crippen LogP contribution in [-0.4, -0.2) is 39.4 Å². The molecule has 6 heteroatoms. The van der Waals surface area contributed by atoms with Crippen LogP contribution in [0.2, 0.25) is 0 Å². The minimum Gasteiger partial charge on any atom is -0.334 e. The van der Waals surface area contributed by atoms with Gasteiger partial charge in [-0.05, 0) is 48.7 Å². The molecule has 1 aliphatic rings. The van der Waals surface area contributed by atoms with Crippen molar-refractivity contribution >= 4 is 28.5 Å². The summed E-state index contributed by atoms with van der Waals surface area (Å²) in [6.07, 6.45) is 0. The molecule has 3 aromatic rings. The van der Waals surface area contributed by atoms with Gasteiger partial charge in [-0.2, -0.15) is 0 Å². The van der Waals surface area contributed by atoms with Gasteiger partial charge in [0.05, 0.1) is 11.0 Å². The smallest absolute Gasteiger partial charge is 0.289 e. The van der Waals surface area contributed by atoms with Crippen molar-refractivity contribution in [1.82, 2.24) is 14.5 Å². The first-order chi connectivity index (χ1) is 13.5. The van der Waals surface area contributed by atoms with Crippen molar-refractivity contribution < 1.29 is 9.59 Å². The van der Waals surface area contributed by atoms with E-state index >= 15 is 0 Å². The van der Waals surface area contributed by atoms with Crippen LogP contribution in [0.15, 0.2) is 42.5 Å². The number of fused-ring (bicyclic) bond motifs is 3. The van der Waals surface area contributed by atoms with E-state index in [1.807, 2.05) is 41.8 Å². The molecule has 2 heterocycles. The third kappa shape index (κ3) is 3.15. The first kappa shape index (κ1) is 18.2. The molecule has 0 atom stereocenters. The third-order valence-corrected chi connectivity index (χ3v) is 5.30. The molecule has 0 saturated carbocycles. The summed E-state index contributed by atoms with van der Waals surface area (Å²) in [6, 6.07) is 13.3. The van der Waals surface area contributed by atoms with Crippen LogP contribution < -0.4 is 5.32 Å². The Morgan fingerprint density at radius 1 is 1.14 bits per heavy atom. The lowest BCUT2D eigenvalue weighted by Crippen LogP contribution is -2.40. The molecule has 144 valence electrons. The maximum absolute atomic E-state index is 12.7. The van der Waals surface area contributed by atoms with Gasteiger partial charge in [0, 0.05) is 30.9 Å². The summed E-state index contributed by atoms with van der Waals surface area (Å²) in [7, 11) is 0. The zero-order valence-electron chi connectivity index (χ0n) is 16.4. The Morgan fingerprint density at radius 2 is 1.89 bits per heavy atom. The van der Waals surface area contributed by atoms with Crippen LogP contribution in [0.4, 0.5) is 5.69 Å². The molecular formula is C22H24N4O2. The lowest BCUT2D eigenvalue weighted by molar-refractivity contribution is 0.0709. The van der Waals surface area contributed by atoms with Gasteiger partial charge in [-0.25, -0.2) is 4.98 Å². The van der Waals surface area contributed by atoms with Gasteiger partial charge in [-0.1, -0.05) is 26.0 Å². The van der Waals surface area contributed by atoms with Gasteiger partial charge < -0.3 is 14.8 Å². The van der Waals surface area contributed by atoms with Crippen LogP contribution in [0.5, 0.6) is 0 Å². The molecular weight excluding hydrogens is 352 g/mol. The molecule has 0 unspecified atom stereocenters.